The van der Waals surface area contributed by atoms with E-state index < -0.39 is 10.0 Å². The number of rotatable bonds is 7. The van der Waals surface area contributed by atoms with Crippen LogP contribution in [0.25, 0.3) is 0 Å². The molecule has 7 nitrogen and oxygen atoms in total. The van der Waals surface area contributed by atoms with Crippen LogP contribution in [0.2, 0.25) is 0 Å². The van der Waals surface area contributed by atoms with Crippen molar-refractivity contribution in [1.82, 2.24) is 19.1 Å². The molecule has 0 saturated carbocycles. The van der Waals surface area contributed by atoms with E-state index in [1.807, 2.05) is 20.8 Å². The number of hydrogen-bond acceptors (Lipinski definition) is 6. The zero-order chi connectivity index (χ0) is 21.0. The number of thiazole rings is 1. The van der Waals surface area contributed by atoms with Crippen molar-refractivity contribution >= 4 is 27.3 Å². The van der Waals surface area contributed by atoms with Gasteiger partial charge in [-0.05, 0) is 45.0 Å². The van der Waals surface area contributed by atoms with Crippen molar-refractivity contribution in [2.45, 2.75) is 32.2 Å². The maximum Gasteiger partial charge on any atom is 0.253 e. The first-order valence-corrected chi connectivity index (χ1v) is 12.2. The van der Waals surface area contributed by atoms with E-state index in [0.29, 0.717) is 44.8 Å². The lowest BCUT2D eigenvalue weighted by Gasteiger charge is -2.33. The maximum atomic E-state index is 13.0. The van der Waals surface area contributed by atoms with Crippen LogP contribution >= 0.6 is 11.3 Å². The van der Waals surface area contributed by atoms with Crippen LogP contribution in [0.1, 0.15) is 34.9 Å². The van der Waals surface area contributed by atoms with Crippen molar-refractivity contribution in [3.8, 4) is 0 Å². The molecule has 1 amide bonds. The average molecular weight is 437 g/mol. The molecule has 0 bridgehead atoms. The summed E-state index contributed by atoms with van der Waals surface area (Å²) in [6.07, 6.45) is 0. The lowest BCUT2D eigenvalue weighted by atomic mass is 10.2. The fourth-order valence-corrected chi connectivity index (χ4v) is 5.48. The summed E-state index contributed by atoms with van der Waals surface area (Å²) in [5.74, 6) is -0.0789. The quantitative estimate of drug-likeness (QED) is 0.667. The molecule has 1 fully saturated rings. The van der Waals surface area contributed by atoms with Crippen molar-refractivity contribution < 1.29 is 13.2 Å². The van der Waals surface area contributed by atoms with Gasteiger partial charge in [0, 0.05) is 56.8 Å². The van der Waals surface area contributed by atoms with Gasteiger partial charge in [0.25, 0.3) is 5.91 Å². The molecule has 158 valence electrons. The molecule has 0 N–H and O–H groups in total. The van der Waals surface area contributed by atoms with E-state index in [1.165, 1.54) is 16.4 Å². The van der Waals surface area contributed by atoms with E-state index in [0.717, 1.165) is 17.2 Å². The van der Waals surface area contributed by atoms with Crippen molar-refractivity contribution in [2.24, 2.45) is 0 Å². The Kier molecular flexibility index (Phi) is 7.05. The number of benzene rings is 1. The van der Waals surface area contributed by atoms with Gasteiger partial charge < -0.3 is 4.90 Å². The Balaban J connectivity index is 1.63. The SMILES string of the molecule is CCN(CC)C(=O)c1ccc(S(=O)(=O)N2CCN(Cc3csc(C)n3)CC2)cc1. The molecule has 1 aromatic heterocycles. The molecular weight excluding hydrogens is 408 g/mol. The topological polar surface area (TPSA) is 73.8 Å². The predicted octanol–water partition coefficient (Wildman–Crippen LogP) is 2.44. The van der Waals surface area contributed by atoms with Crippen LogP contribution in [-0.4, -0.2) is 72.7 Å². The summed E-state index contributed by atoms with van der Waals surface area (Å²) in [4.78, 5) is 21.1. The highest BCUT2D eigenvalue weighted by Gasteiger charge is 2.29. The molecule has 1 saturated heterocycles. The summed E-state index contributed by atoms with van der Waals surface area (Å²) in [5, 5.41) is 3.10. The van der Waals surface area contributed by atoms with E-state index in [-0.39, 0.29) is 10.8 Å². The Hall–Kier alpha value is -1.81. The van der Waals surface area contributed by atoms with Crippen molar-refractivity contribution in [1.29, 1.82) is 0 Å². The van der Waals surface area contributed by atoms with Gasteiger partial charge in [-0.1, -0.05) is 0 Å². The minimum atomic E-state index is -3.56. The lowest BCUT2D eigenvalue weighted by Crippen LogP contribution is -2.48. The summed E-state index contributed by atoms with van der Waals surface area (Å²) >= 11 is 1.63. The molecule has 1 aliphatic rings. The summed E-state index contributed by atoms with van der Waals surface area (Å²) in [5.41, 5.74) is 1.55. The van der Waals surface area contributed by atoms with Gasteiger partial charge in [0.2, 0.25) is 10.0 Å². The first-order chi connectivity index (χ1) is 13.8. The second-order valence-corrected chi connectivity index (χ2v) is 10.0. The van der Waals surface area contributed by atoms with Gasteiger partial charge in [0.1, 0.15) is 0 Å². The summed E-state index contributed by atoms with van der Waals surface area (Å²) in [6.45, 7) is 10.1. The molecule has 29 heavy (non-hydrogen) atoms. The number of carbonyl (C=O) groups excluding carboxylic acids is 1. The van der Waals surface area contributed by atoms with Crippen LogP contribution < -0.4 is 0 Å². The van der Waals surface area contributed by atoms with E-state index in [4.69, 9.17) is 0 Å². The molecule has 1 aliphatic heterocycles. The third-order valence-electron chi connectivity index (χ3n) is 5.17. The van der Waals surface area contributed by atoms with Gasteiger partial charge in [0.05, 0.1) is 15.6 Å². The molecule has 2 heterocycles. The van der Waals surface area contributed by atoms with Gasteiger partial charge in [0.15, 0.2) is 0 Å². The van der Waals surface area contributed by atoms with Crippen molar-refractivity contribution in [2.75, 3.05) is 39.3 Å². The smallest absolute Gasteiger partial charge is 0.253 e. The Morgan fingerprint density at radius 3 is 2.24 bits per heavy atom. The average Bonchev–Trinajstić information content (AvgIpc) is 3.14. The van der Waals surface area contributed by atoms with E-state index in [9.17, 15) is 13.2 Å². The Morgan fingerprint density at radius 2 is 1.72 bits per heavy atom. The number of hydrogen-bond donors (Lipinski definition) is 0. The zero-order valence-electron chi connectivity index (χ0n) is 17.2. The summed E-state index contributed by atoms with van der Waals surface area (Å²) < 4.78 is 27.5. The Morgan fingerprint density at radius 1 is 1.10 bits per heavy atom. The minimum Gasteiger partial charge on any atom is -0.339 e. The monoisotopic (exact) mass is 436 g/mol. The second-order valence-electron chi connectivity index (χ2n) is 7.04. The van der Waals surface area contributed by atoms with E-state index in [2.05, 4.69) is 15.3 Å². The van der Waals surface area contributed by atoms with Crippen LogP contribution in [0, 0.1) is 6.92 Å². The maximum absolute atomic E-state index is 13.0. The van der Waals surface area contributed by atoms with Crippen LogP contribution in [0.3, 0.4) is 0 Å². The number of amides is 1. The second kappa shape index (κ2) is 9.34. The number of aromatic nitrogens is 1. The normalized spacial score (nSPS) is 16.1. The number of nitrogens with zero attached hydrogens (tertiary/aromatic N) is 4. The molecule has 2 aromatic rings. The van der Waals surface area contributed by atoms with Gasteiger partial charge in [-0.15, -0.1) is 11.3 Å². The molecule has 1 aromatic carbocycles. The molecule has 3 rings (SSSR count). The number of piperazine rings is 1. The van der Waals surface area contributed by atoms with Crippen LogP contribution in [0.15, 0.2) is 34.5 Å². The fraction of sp³-hybridized carbons (Fsp3) is 0.500. The Bertz CT molecular complexity index is 929. The van der Waals surface area contributed by atoms with Crippen LogP contribution in [0.5, 0.6) is 0 Å². The predicted molar refractivity (Wildman–Crippen MR) is 115 cm³/mol. The molecule has 0 atom stereocenters. The zero-order valence-corrected chi connectivity index (χ0v) is 18.8. The number of aryl methyl sites for hydroxylation is 1. The van der Waals surface area contributed by atoms with Crippen LogP contribution in [-0.2, 0) is 16.6 Å². The van der Waals surface area contributed by atoms with Gasteiger partial charge in [-0.25, -0.2) is 13.4 Å². The van der Waals surface area contributed by atoms with Crippen molar-refractivity contribution in [3.05, 3.63) is 45.9 Å². The molecule has 9 heteroatoms. The molecular formula is C20H28N4O3S2. The van der Waals surface area contributed by atoms with E-state index in [1.54, 1.807) is 28.4 Å². The lowest BCUT2D eigenvalue weighted by molar-refractivity contribution is 0.0773. The standard InChI is InChI=1S/C20H28N4O3S2/c1-4-23(5-2)20(25)17-6-8-19(9-7-17)29(26,27)24-12-10-22(11-13-24)14-18-15-28-16(3)21-18/h6-9,15H,4-5,10-14H2,1-3H3. The van der Waals surface area contributed by atoms with Crippen LogP contribution in [0.4, 0.5) is 0 Å². The molecule has 0 unspecified atom stereocenters. The molecule has 0 spiro atoms. The highest BCUT2D eigenvalue weighted by molar-refractivity contribution is 7.89. The van der Waals surface area contributed by atoms with E-state index >= 15 is 0 Å². The Labute approximate surface area is 177 Å². The summed E-state index contributed by atoms with van der Waals surface area (Å²) in [7, 11) is -3.56. The molecule has 0 aliphatic carbocycles. The third kappa shape index (κ3) is 5.03. The summed E-state index contributed by atoms with van der Waals surface area (Å²) in [6, 6.07) is 6.29. The molecule has 0 radical (unpaired) electrons. The highest BCUT2D eigenvalue weighted by Crippen LogP contribution is 2.20. The largest absolute Gasteiger partial charge is 0.339 e. The first kappa shape index (κ1) is 21.9. The van der Waals surface area contributed by atoms with Gasteiger partial charge >= 0.3 is 0 Å². The highest BCUT2D eigenvalue weighted by atomic mass is 32.2. The van der Waals surface area contributed by atoms with Crippen molar-refractivity contribution in [3.63, 3.8) is 0 Å². The third-order valence-corrected chi connectivity index (χ3v) is 7.91. The number of sulfonamides is 1. The van der Waals surface area contributed by atoms with Gasteiger partial charge in [-0.3, -0.25) is 9.69 Å². The first-order valence-electron chi connectivity index (χ1n) is 9.88. The fourth-order valence-electron chi connectivity index (χ4n) is 3.45. The number of carbonyl (C=O) groups is 1. The van der Waals surface area contributed by atoms with Gasteiger partial charge in [-0.2, -0.15) is 4.31 Å². The minimum absolute atomic E-state index is 0.0789.